The number of carbonyl (C=O) groups excluding carboxylic acids is 1. The van der Waals surface area contributed by atoms with Gasteiger partial charge in [0.05, 0.1) is 22.4 Å². The van der Waals surface area contributed by atoms with Crippen molar-refractivity contribution in [3.8, 4) is 23.0 Å². The van der Waals surface area contributed by atoms with Crippen molar-refractivity contribution in [2.24, 2.45) is 5.73 Å². The van der Waals surface area contributed by atoms with Crippen LogP contribution in [0.15, 0.2) is 59.4 Å². The lowest BCUT2D eigenvalue weighted by Crippen LogP contribution is -2.19. The second kappa shape index (κ2) is 9.65. The monoisotopic (exact) mass is 475 g/mol. The molecule has 0 bridgehead atoms. The molecule has 0 aliphatic rings. The zero-order valence-corrected chi connectivity index (χ0v) is 18.1. The molecule has 9 nitrogen and oxygen atoms in total. The number of phenolic OH excluding ortho intramolecular Hbond substituents is 1. The lowest BCUT2D eigenvalue weighted by molar-refractivity contribution is -0.137. The van der Waals surface area contributed by atoms with E-state index in [2.05, 4.69) is 21.7 Å². The normalized spacial score (nSPS) is 12.1. The van der Waals surface area contributed by atoms with Crippen molar-refractivity contribution in [3.05, 3.63) is 71.9 Å². The van der Waals surface area contributed by atoms with Crippen molar-refractivity contribution < 1.29 is 32.3 Å². The number of aromatic nitrogens is 3. The number of halogens is 3. The number of primary amides is 1. The van der Waals surface area contributed by atoms with Crippen LogP contribution >= 0.6 is 0 Å². The van der Waals surface area contributed by atoms with Crippen LogP contribution in [0, 0.1) is 0 Å². The molecule has 1 aromatic carbocycles. The maximum Gasteiger partial charge on any atom is 0.417 e. The summed E-state index contributed by atoms with van der Waals surface area (Å²) in [7, 11) is 3.43. The summed E-state index contributed by atoms with van der Waals surface area (Å²) < 4.78 is 49.0. The van der Waals surface area contributed by atoms with Gasteiger partial charge in [0.1, 0.15) is 12.4 Å². The van der Waals surface area contributed by atoms with Gasteiger partial charge in [0.2, 0.25) is 17.6 Å². The summed E-state index contributed by atoms with van der Waals surface area (Å²) in [6, 6.07) is 6.01. The van der Waals surface area contributed by atoms with Gasteiger partial charge in [-0.3, -0.25) is 4.79 Å². The number of aromatic hydroxyl groups is 1. The number of likely N-dealkylation sites (N-methyl/N-ethyl adjacent to an activating group) is 1. The molecule has 12 heteroatoms. The maximum absolute atomic E-state index is 12.7. The number of carbonyl (C=O) groups is 1. The summed E-state index contributed by atoms with van der Waals surface area (Å²) in [5.74, 6) is -0.883. The zero-order chi connectivity index (χ0) is 25.0. The molecule has 3 N–H and O–H groups in total. The number of pyridine rings is 1. The van der Waals surface area contributed by atoms with Gasteiger partial charge < -0.3 is 25.0 Å². The fraction of sp³-hybridized carbons (Fsp3) is 0.182. The van der Waals surface area contributed by atoms with E-state index < -0.39 is 17.6 Å². The smallest absolute Gasteiger partial charge is 0.417 e. The van der Waals surface area contributed by atoms with E-state index in [0.29, 0.717) is 17.5 Å². The Bertz CT molecular complexity index is 1230. The van der Waals surface area contributed by atoms with Crippen molar-refractivity contribution >= 4 is 11.5 Å². The lowest BCUT2D eigenvalue weighted by atomic mass is 10.1. The minimum absolute atomic E-state index is 0.0126. The molecule has 0 fully saturated rings. The maximum atomic E-state index is 12.7. The van der Waals surface area contributed by atoms with Gasteiger partial charge in [0.25, 0.3) is 5.89 Å². The standard InChI is InChI=1S/C22H20F3N5O4/c1-4-14(16(30(2)3)11-33-18-8-6-13(10-27-18)22(23,24)25)21-28-20(29-34-21)15-7-5-12(19(26)32)9-17(15)31/h4-10,31H,1,11H2,2-3H3,(H2,26,32)/b16-14+. The number of nitrogens with zero attached hydrogens (tertiary/aromatic N) is 4. The third-order valence-corrected chi connectivity index (χ3v) is 4.65. The third-order valence-electron chi connectivity index (χ3n) is 4.65. The molecule has 0 spiro atoms. The van der Waals surface area contributed by atoms with Gasteiger partial charge in [-0.05, 0) is 24.3 Å². The molecular weight excluding hydrogens is 455 g/mol. The van der Waals surface area contributed by atoms with Crippen molar-refractivity contribution in [2.75, 3.05) is 20.7 Å². The number of alkyl halides is 3. The summed E-state index contributed by atoms with van der Waals surface area (Å²) in [4.78, 5) is 20.9. The minimum atomic E-state index is -4.50. The molecule has 0 saturated heterocycles. The SMILES string of the molecule is C=C/C(=C(/COc1ccc(C(F)(F)F)cn1)N(C)C)c1nc(-c2ccc(C(N)=O)cc2O)no1. The van der Waals surface area contributed by atoms with Crippen molar-refractivity contribution in [3.63, 3.8) is 0 Å². The Labute approximate surface area is 192 Å². The van der Waals surface area contributed by atoms with Gasteiger partial charge in [-0.15, -0.1) is 0 Å². The number of rotatable bonds is 8. The van der Waals surface area contributed by atoms with Crippen LogP contribution in [0.25, 0.3) is 17.0 Å². The summed E-state index contributed by atoms with van der Waals surface area (Å²) in [6.45, 7) is 3.66. The Hall–Kier alpha value is -4.35. The highest BCUT2D eigenvalue weighted by Crippen LogP contribution is 2.31. The van der Waals surface area contributed by atoms with Gasteiger partial charge in [0.15, 0.2) is 0 Å². The molecule has 34 heavy (non-hydrogen) atoms. The average Bonchev–Trinajstić information content (AvgIpc) is 3.25. The van der Waals surface area contributed by atoms with Crippen LogP contribution in [-0.4, -0.2) is 51.7 Å². The Kier molecular flexibility index (Phi) is 6.89. The number of hydrogen-bond donors (Lipinski definition) is 2. The first-order valence-electron chi connectivity index (χ1n) is 9.67. The fourth-order valence-electron chi connectivity index (χ4n) is 2.87. The van der Waals surface area contributed by atoms with Gasteiger partial charge in [-0.1, -0.05) is 17.8 Å². The third kappa shape index (κ3) is 5.34. The van der Waals surface area contributed by atoms with Crippen molar-refractivity contribution in [1.29, 1.82) is 0 Å². The Balaban J connectivity index is 1.88. The molecular formula is C22H20F3N5O4. The summed E-state index contributed by atoms with van der Waals surface area (Å²) in [5.41, 5.74) is 5.54. The first-order valence-corrected chi connectivity index (χ1v) is 9.67. The number of nitrogens with two attached hydrogens (primary N) is 1. The van der Waals surface area contributed by atoms with Gasteiger partial charge in [-0.2, -0.15) is 18.2 Å². The zero-order valence-electron chi connectivity index (χ0n) is 18.1. The molecule has 2 heterocycles. The number of allylic oxidation sites excluding steroid dienone is 2. The Morgan fingerprint density at radius 1 is 1.29 bits per heavy atom. The van der Waals surface area contributed by atoms with Crippen LogP contribution in [0.3, 0.4) is 0 Å². The number of phenols is 1. The quantitative estimate of drug-likeness (QED) is 0.474. The number of hydrogen-bond acceptors (Lipinski definition) is 8. The number of benzene rings is 1. The molecule has 3 aromatic rings. The predicted octanol–water partition coefficient (Wildman–Crippen LogP) is 3.49. The molecule has 2 aromatic heterocycles. The van der Waals surface area contributed by atoms with E-state index in [1.165, 1.54) is 24.3 Å². The molecule has 0 aliphatic heterocycles. The summed E-state index contributed by atoms with van der Waals surface area (Å²) in [6.07, 6.45) is -2.37. The summed E-state index contributed by atoms with van der Waals surface area (Å²) >= 11 is 0. The molecule has 178 valence electrons. The molecule has 0 radical (unpaired) electrons. The van der Waals surface area contributed by atoms with Gasteiger partial charge in [0, 0.05) is 31.9 Å². The molecule has 3 rings (SSSR count). The van der Waals surface area contributed by atoms with E-state index in [-0.39, 0.29) is 41.1 Å². The second-order valence-electron chi connectivity index (χ2n) is 7.15. The lowest BCUT2D eigenvalue weighted by Gasteiger charge is -2.19. The molecule has 0 aliphatic carbocycles. The highest BCUT2D eigenvalue weighted by Gasteiger charge is 2.30. The highest BCUT2D eigenvalue weighted by atomic mass is 19.4. The largest absolute Gasteiger partial charge is 0.507 e. The number of ether oxygens (including phenoxy) is 1. The molecule has 0 unspecified atom stereocenters. The van der Waals surface area contributed by atoms with Gasteiger partial charge in [-0.25, -0.2) is 4.98 Å². The first-order chi connectivity index (χ1) is 16.0. The van der Waals surface area contributed by atoms with Crippen molar-refractivity contribution in [1.82, 2.24) is 20.0 Å². The van der Waals surface area contributed by atoms with Crippen LogP contribution in [0.4, 0.5) is 13.2 Å². The second-order valence-corrected chi connectivity index (χ2v) is 7.15. The van der Waals surface area contributed by atoms with E-state index in [1.54, 1.807) is 19.0 Å². The Morgan fingerprint density at radius 3 is 2.56 bits per heavy atom. The van der Waals surface area contributed by atoms with Crippen LogP contribution < -0.4 is 10.5 Å². The molecule has 1 amide bonds. The van der Waals surface area contributed by atoms with Crippen LogP contribution in [-0.2, 0) is 6.18 Å². The minimum Gasteiger partial charge on any atom is -0.507 e. The summed E-state index contributed by atoms with van der Waals surface area (Å²) in [5, 5.41) is 14.1. The van der Waals surface area contributed by atoms with E-state index >= 15 is 0 Å². The topological polar surface area (TPSA) is 128 Å². The van der Waals surface area contributed by atoms with Crippen molar-refractivity contribution in [2.45, 2.75) is 6.18 Å². The van der Waals surface area contributed by atoms with E-state index in [9.17, 15) is 23.1 Å². The molecule has 0 atom stereocenters. The fourth-order valence-corrected chi connectivity index (χ4v) is 2.87. The Morgan fingerprint density at radius 2 is 2.03 bits per heavy atom. The van der Waals surface area contributed by atoms with Crippen LogP contribution in [0.1, 0.15) is 21.8 Å². The van der Waals surface area contributed by atoms with E-state index in [1.807, 2.05) is 0 Å². The van der Waals surface area contributed by atoms with E-state index in [0.717, 1.165) is 12.1 Å². The van der Waals surface area contributed by atoms with E-state index in [4.69, 9.17) is 15.0 Å². The predicted molar refractivity (Wildman–Crippen MR) is 115 cm³/mol. The first kappa shape index (κ1) is 24.3. The van der Waals surface area contributed by atoms with Crippen LogP contribution in [0.2, 0.25) is 0 Å². The highest BCUT2D eigenvalue weighted by molar-refractivity contribution is 5.94. The van der Waals surface area contributed by atoms with Gasteiger partial charge >= 0.3 is 6.18 Å². The number of amides is 1. The molecule has 0 saturated carbocycles. The van der Waals surface area contributed by atoms with Crippen LogP contribution in [0.5, 0.6) is 11.6 Å². The average molecular weight is 475 g/mol.